The van der Waals surface area contributed by atoms with Crippen LogP contribution in [0, 0.1) is 5.92 Å². The van der Waals surface area contributed by atoms with Gasteiger partial charge < -0.3 is 33.8 Å². The molecule has 0 radical (unpaired) electrons. The van der Waals surface area contributed by atoms with E-state index in [9.17, 15) is 43.2 Å². The summed E-state index contributed by atoms with van der Waals surface area (Å²) >= 11 is 0. The van der Waals surface area contributed by atoms with Gasteiger partial charge in [0.05, 0.1) is 26.4 Å². The molecule has 0 saturated carbocycles. The molecule has 109 heavy (non-hydrogen) atoms. The van der Waals surface area contributed by atoms with Gasteiger partial charge in [-0.3, -0.25) is 37.3 Å². The number of unbranched alkanes of at least 4 members (excludes halogenated alkanes) is 62. The van der Waals surface area contributed by atoms with Crippen LogP contribution in [0.15, 0.2) is 0 Å². The maximum absolute atomic E-state index is 13.2. The molecule has 0 aliphatic heterocycles. The van der Waals surface area contributed by atoms with Crippen molar-refractivity contribution in [2.45, 2.75) is 509 Å². The zero-order valence-electron chi connectivity index (χ0n) is 71.7. The number of rotatable bonds is 90. The Labute approximate surface area is 670 Å². The summed E-state index contributed by atoms with van der Waals surface area (Å²) in [7, 11) is -9.93. The van der Waals surface area contributed by atoms with E-state index in [0.717, 1.165) is 95.8 Å². The molecule has 0 aliphatic carbocycles. The second-order valence-electron chi connectivity index (χ2n) is 32.8. The Morgan fingerprint density at radius 3 is 0.624 bits per heavy atom. The van der Waals surface area contributed by atoms with E-state index in [1.165, 1.54) is 315 Å². The van der Waals surface area contributed by atoms with Crippen LogP contribution in [0.5, 0.6) is 0 Å². The molecule has 3 N–H and O–H groups in total. The highest BCUT2D eigenvalue weighted by Gasteiger charge is 2.31. The van der Waals surface area contributed by atoms with Crippen molar-refractivity contribution in [3.8, 4) is 0 Å². The minimum absolute atomic E-state index is 0.108. The summed E-state index contributed by atoms with van der Waals surface area (Å²) in [6, 6.07) is 0. The summed E-state index contributed by atoms with van der Waals surface area (Å²) in [5.41, 5.74) is 0. The first-order valence-electron chi connectivity index (χ1n) is 46.6. The van der Waals surface area contributed by atoms with Crippen molar-refractivity contribution in [1.82, 2.24) is 0 Å². The number of phosphoric ester groups is 2. The molecular formula is C90H176O17P2. The van der Waals surface area contributed by atoms with Crippen LogP contribution in [0.4, 0.5) is 0 Å². The van der Waals surface area contributed by atoms with Crippen LogP contribution >= 0.6 is 15.6 Å². The van der Waals surface area contributed by atoms with Crippen molar-refractivity contribution in [2.24, 2.45) is 5.92 Å². The SMILES string of the molecule is CCCCCCCCCCCCCCCCCCCCCCCCC(=O)O[C@H](COC(=O)CCCCCCCCCCCCCCCCCCCCCCC)COP(=O)(O)OC[C@@H](O)COP(=O)(O)OC[C@@H](COC(=O)CCCCCCCCCCC)OC(=O)CCCCCCCCCCCCCCCCC(C)C. The summed E-state index contributed by atoms with van der Waals surface area (Å²) in [5, 5.41) is 10.7. The van der Waals surface area contributed by atoms with E-state index in [2.05, 4.69) is 34.6 Å². The van der Waals surface area contributed by atoms with Crippen LogP contribution < -0.4 is 0 Å². The lowest BCUT2D eigenvalue weighted by molar-refractivity contribution is -0.161. The third-order valence-corrected chi connectivity index (χ3v) is 23.2. The molecule has 2 unspecified atom stereocenters. The van der Waals surface area contributed by atoms with Crippen molar-refractivity contribution in [3.05, 3.63) is 0 Å². The number of hydrogen-bond donors (Lipinski definition) is 3. The molecule has 0 amide bonds. The fraction of sp³-hybridized carbons (Fsp3) is 0.956. The molecule has 0 bridgehead atoms. The van der Waals surface area contributed by atoms with Gasteiger partial charge in [0.25, 0.3) is 0 Å². The molecule has 5 atom stereocenters. The molecule has 17 nitrogen and oxygen atoms in total. The van der Waals surface area contributed by atoms with Crippen LogP contribution in [-0.2, 0) is 65.4 Å². The van der Waals surface area contributed by atoms with Crippen molar-refractivity contribution >= 4 is 39.5 Å². The fourth-order valence-electron chi connectivity index (χ4n) is 14.2. The monoisotopic (exact) mass is 1590 g/mol. The maximum atomic E-state index is 13.2. The van der Waals surface area contributed by atoms with Gasteiger partial charge in [-0.15, -0.1) is 0 Å². The highest BCUT2D eigenvalue weighted by atomic mass is 31.2. The zero-order chi connectivity index (χ0) is 79.7. The van der Waals surface area contributed by atoms with Gasteiger partial charge in [0.1, 0.15) is 19.3 Å². The number of carbonyl (C=O) groups excluding carboxylic acids is 4. The van der Waals surface area contributed by atoms with Crippen molar-refractivity contribution in [1.29, 1.82) is 0 Å². The smallest absolute Gasteiger partial charge is 0.462 e. The number of aliphatic hydroxyl groups excluding tert-OH is 1. The third kappa shape index (κ3) is 83.8. The van der Waals surface area contributed by atoms with Crippen LogP contribution in [0.3, 0.4) is 0 Å². The predicted molar refractivity (Wildman–Crippen MR) is 451 cm³/mol. The topological polar surface area (TPSA) is 237 Å². The first kappa shape index (κ1) is 107. The molecule has 0 saturated heterocycles. The summed E-state index contributed by atoms with van der Waals surface area (Å²) in [6.07, 6.45) is 78.0. The number of hydrogen-bond acceptors (Lipinski definition) is 15. The molecule has 0 aliphatic rings. The first-order chi connectivity index (χ1) is 53.0. The second kappa shape index (κ2) is 82.6. The normalized spacial score (nSPS) is 13.7. The Bertz CT molecular complexity index is 2070. The molecule has 0 heterocycles. The highest BCUT2D eigenvalue weighted by molar-refractivity contribution is 7.47. The number of ether oxygens (including phenoxy) is 4. The number of carbonyl (C=O) groups is 4. The summed E-state index contributed by atoms with van der Waals surface area (Å²) in [5.74, 6) is -1.30. The van der Waals surface area contributed by atoms with Crippen LogP contribution in [0.2, 0.25) is 0 Å². The number of aliphatic hydroxyl groups is 1. The van der Waals surface area contributed by atoms with E-state index < -0.39 is 97.5 Å². The van der Waals surface area contributed by atoms with E-state index >= 15 is 0 Å². The quantitative estimate of drug-likeness (QED) is 0.0222. The minimum Gasteiger partial charge on any atom is -0.462 e. The lowest BCUT2D eigenvalue weighted by Crippen LogP contribution is -2.30. The third-order valence-electron chi connectivity index (χ3n) is 21.3. The van der Waals surface area contributed by atoms with Crippen molar-refractivity contribution in [3.63, 3.8) is 0 Å². The predicted octanol–water partition coefficient (Wildman–Crippen LogP) is 27.9. The van der Waals surface area contributed by atoms with E-state index in [-0.39, 0.29) is 25.7 Å². The van der Waals surface area contributed by atoms with Gasteiger partial charge in [-0.2, -0.15) is 0 Å². The molecule has 0 fully saturated rings. The number of esters is 4. The van der Waals surface area contributed by atoms with Gasteiger partial charge in [-0.05, 0) is 31.6 Å². The highest BCUT2D eigenvalue weighted by Crippen LogP contribution is 2.45. The van der Waals surface area contributed by atoms with E-state index in [1.807, 2.05) is 0 Å². The van der Waals surface area contributed by atoms with Gasteiger partial charge in [-0.25, -0.2) is 9.13 Å². The van der Waals surface area contributed by atoms with Gasteiger partial charge in [-0.1, -0.05) is 439 Å². The summed E-state index contributed by atoms with van der Waals surface area (Å²) in [4.78, 5) is 73.3. The Morgan fingerprint density at radius 2 is 0.422 bits per heavy atom. The average Bonchev–Trinajstić information content (AvgIpc) is 0.900. The van der Waals surface area contributed by atoms with E-state index in [1.54, 1.807) is 0 Å². The Kier molecular flexibility index (Phi) is 81.1. The van der Waals surface area contributed by atoms with Gasteiger partial charge in [0.2, 0.25) is 0 Å². The maximum Gasteiger partial charge on any atom is 0.472 e. The van der Waals surface area contributed by atoms with Crippen molar-refractivity contribution in [2.75, 3.05) is 39.6 Å². The van der Waals surface area contributed by atoms with Gasteiger partial charge in [0, 0.05) is 25.7 Å². The molecule has 0 spiro atoms. The fourth-order valence-corrected chi connectivity index (χ4v) is 15.8. The van der Waals surface area contributed by atoms with E-state index in [0.29, 0.717) is 25.7 Å². The summed E-state index contributed by atoms with van der Waals surface area (Å²) in [6.45, 7) is 7.39. The van der Waals surface area contributed by atoms with Crippen LogP contribution in [0.1, 0.15) is 490 Å². The van der Waals surface area contributed by atoms with Crippen LogP contribution in [-0.4, -0.2) is 96.7 Å². The second-order valence-corrected chi connectivity index (χ2v) is 35.7. The Morgan fingerprint density at radius 1 is 0.248 bits per heavy atom. The van der Waals surface area contributed by atoms with Gasteiger partial charge >= 0.3 is 39.5 Å². The lowest BCUT2D eigenvalue weighted by Gasteiger charge is -2.21. The first-order valence-corrected chi connectivity index (χ1v) is 49.6. The minimum atomic E-state index is -4.97. The largest absolute Gasteiger partial charge is 0.472 e. The summed E-state index contributed by atoms with van der Waals surface area (Å²) < 4.78 is 69.0. The standard InChI is InChI=1S/C90H176O17P2/c1-6-9-12-15-18-21-23-25-27-29-31-33-35-37-39-41-46-50-55-60-65-70-75-90(95)107-86(80-101-88(93)74-69-64-59-54-49-45-40-38-36-34-32-30-28-26-24-22-19-16-13-10-7-2)82-105-109(98,99)103-78-84(91)77-102-108(96,97)104-81-85(79-100-87(92)73-68-63-58-52-20-17-14-11-8-3)106-89(94)76-71-66-61-56-51-47-43-42-44-48-53-57-62-67-72-83(4)5/h83-86,91H,6-82H2,1-5H3,(H,96,97)(H,98,99)/t84-,85+,86+/m0/s1. The Hall–Kier alpha value is -1.94. The molecule has 648 valence electrons. The molecule has 19 heteroatoms. The van der Waals surface area contributed by atoms with Crippen molar-refractivity contribution < 1.29 is 80.2 Å². The molecule has 0 aromatic carbocycles. The molecule has 0 aromatic rings. The molecule has 0 aromatic heterocycles. The number of phosphoric acid groups is 2. The lowest BCUT2D eigenvalue weighted by atomic mass is 10.0. The zero-order valence-corrected chi connectivity index (χ0v) is 73.5. The molecule has 0 rings (SSSR count). The Balaban J connectivity index is 5.19. The molecular weight excluding hydrogens is 1410 g/mol. The van der Waals surface area contributed by atoms with Gasteiger partial charge in [0.15, 0.2) is 12.2 Å². The average molecular weight is 1590 g/mol. The van der Waals surface area contributed by atoms with Crippen LogP contribution in [0.25, 0.3) is 0 Å². The van der Waals surface area contributed by atoms with E-state index in [4.69, 9.17) is 37.0 Å².